The number of carbonyl (C=O) groups is 1. The van der Waals surface area contributed by atoms with Gasteiger partial charge in [-0.25, -0.2) is 13.1 Å². The minimum absolute atomic E-state index is 0.0347. The fourth-order valence-corrected chi connectivity index (χ4v) is 6.51. The van der Waals surface area contributed by atoms with E-state index in [4.69, 9.17) is 0 Å². The van der Waals surface area contributed by atoms with Crippen LogP contribution < -0.4 is 4.72 Å². The average molecular weight is 507 g/mol. The Labute approximate surface area is 205 Å². The Kier molecular flexibility index (Phi) is 5.87. The Hall–Kier alpha value is -3.60. The first-order valence-electron chi connectivity index (χ1n) is 10.9. The third-order valence-electron chi connectivity index (χ3n) is 5.78. The topological polar surface area (TPSA) is 114 Å². The molecule has 10 heteroatoms. The summed E-state index contributed by atoms with van der Waals surface area (Å²) in [4.78, 5) is 11.5. The van der Waals surface area contributed by atoms with Gasteiger partial charge in [-0.3, -0.25) is 4.79 Å². The molecular weight excluding hydrogens is 484 g/mol. The lowest BCUT2D eigenvalue weighted by Gasteiger charge is -2.18. The molecule has 0 bridgehead atoms. The molecule has 2 N–H and O–H groups in total. The highest BCUT2D eigenvalue weighted by Crippen LogP contribution is 2.36. The van der Waals surface area contributed by atoms with Crippen molar-refractivity contribution < 1.29 is 18.3 Å². The van der Waals surface area contributed by atoms with E-state index in [9.17, 15) is 18.3 Å². The SMILES string of the molecule is CC(C)[C@H](NS(=O)(=O)c1ccc2c(c1)sc1cc(-n3cc(-c4ccccc4)nn3)ccc12)C(=O)O. The quantitative estimate of drug-likeness (QED) is 0.331. The lowest BCUT2D eigenvalue weighted by molar-refractivity contribution is -0.140. The first kappa shape index (κ1) is 23.2. The number of rotatable bonds is 7. The monoisotopic (exact) mass is 506 g/mol. The maximum atomic E-state index is 12.9. The Morgan fingerprint density at radius 1 is 1.00 bits per heavy atom. The highest BCUT2D eigenvalue weighted by Gasteiger charge is 2.28. The minimum atomic E-state index is -4.00. The minimum Gasteiger partial charge on any atom is -0.480 e. The van der Waals surface area contributed by atoms with Crippen LogP contribution in [0.3, 0.4) is 0 Å². The van der Waals surface area contributed by atoms with Crippen molar-refractivity contribution in [2.24, 2.45) is 5.92 Å². The number of carboxylic acids is 1. The van der Waals surface area contributed by atoms with E-state index in [0.717, 1.165) is 37.1 Å². The van der Waals surface area contributed by atoms with Gasteiger partial charge in [0.05, 0.1) is 16.8 Å². The van der Waals surface area contributed by atoms with Gasteiger partial charge in [0, 0.05) is 25.7 Å². The van der Waals surface area contributed by atoms with Crippen LogP contribution in [0.15, 0.2) is 77.8 Å². The second-order valence-corrected chi connectivity index (χ2v) is 11.3. The normalized spacial score (nSPS) is 13.0. The summed E-state index contributed by atoms with van der Waals surface area (Å²) >= 11 is 1.47. The zero-order valence-electron chi connectivity index (χ0n) is 18.9. The molecule has 178 valence electrons. The summed E-state index contributed by atoms with van der Waals surface area (Å²) < 4.78 is 31.6. The van der Waals surface area contributed by atoms with E-state index in [1.165, 1.54) is 17.4 Å². The van der Waals surface area contributed by atoms with Crippen LogP contribution in [-0.2, 0) is 14.8 Å². The number of aromatic nitrogens is 3. The highest BCUT2D eigenvalue weighted by atomic mass is 32.2. The number of hydrogen-bond acceptors (Lipinski definition) is 6. The molecule has 0 saturated heterocycles. The third kappa shape index (κ3) is 4.43. The van der Waals surface area contributed by atoms with Crippen molar-refractivity contribution in [2.45, 2.75) is 24.8 Å². The van der Waals surface area contributed by atoms with Crippen LogP contribution in [0.1, 0.15) is 13.8 Å². The third-order valence-corrected chi connectivity index (χ3v) is 8.34. The molecule has 0 aliphatic rings. The predicted molar refractivity (Wildman–Crippen MR) is 136 cm³/mol. The van der Waals surface area contributed by atoms with Gasteiger partial charge in [-0.2, -0.15) is 4.72 Å². The number of nitrogens with one attached hydrogen (secondary N) is 1. The van der Waals surface area contributed by atoms with E-state index in [1.54, 1.807) is 30.7 Å². The smallest absolute Gasteiger partial charge is 0.322 e. The summed E-state index contributed by atoms with van der Waals surface area (Å²) in [5.74, 6) is -1.60. The average Bonchev–Trinajstić information content (AvgIpc) is 3.47. The molecule has 1 atom stereocenters. The van der Waals surface area contributed by atoms with E-state index < -0.39 is 28.0 Å². The number of benzene rings is 3. The van der Waals surface area contributed by atoms with E-state index in [0.29, 0.717) is 0 Å². The van der Waals surface area contributed by atoms with Crippen molar-refractivity contribution in [1.82, 2.24) is 19.7 Å². The van der Waals surface area contributed by atoms with Crippen LogP contribution in [-0.4, -0.2) is 40.5 Å². The fraction of sp³-hybridized carbons (Fsp3) is 0.160. The van der Waals surface area contributed by atoms with E-state index in [2.05, 4.69) is 15.0 Å². The maximum Gasteiger partial charge on any atom is 0.322 e. The molecule has 0 aliphatic carbocycles. The number of carboxylic acid groups (broad SMARTS) is 1. The lowest BCUT2D eigenvalue weighted by Crippen LogP contribution is -2.44. The van der Waals surface area contributed by atoms with Gasteiger partial charge in [-0.1, -0.05) is 61.5 Å². The van der Waals surface area contributed by atoms with Crippen LogP contribution >= 0.6 is 11.3 Å². The fourth-order valence-electron chi connectivity index (χ4n) is 3.89. The van der Waals surface area contributed by atoms with Gasteiger partial charge < -0.3 is 5.11 Å². The zero-order chi connectivity index (χ0) is 24.7. The second kappa shape index (κ2) is 8.88. The zero-order valence-corrected chi connectivity index (χ0v) is 20.5. The van der Waals surface area contributed by atoms with Crippen molar-refractivity contribution in [2.75, 3.05) is 0 Å². The molecule has 0 aliphatic heterocycles. The Bertz CT molecular complexity index is 1660. The van der Waals surface area contributed by atoms with Crippen molar-refractivity contribution in [3.05, 3.63) is 72.9 Å². The van der Waals surface area contributed by atoms with Crippen LogP contribution in [0.4, 0.5) is 0 Å². The summed E-state index contributed by atoms with van der Waals surface area (Å²) in [6, 6.07) is 19.4. The van der Waals surface area contributed by atoms with Gasteiger partial charge in [0.1, 0.15) is 11.7 Å². The molecule has 2 aromatic heterocycles. The van der Waals surface area contributed by atoms with Gasteiger partial charge in [0.15, 0.2) is 0 Å². The van der Waals surface area contributed by atoms with Gasteiger partial charge in [-0.05, 0) is 30.2 Å². The second-order valence-electron chi connectivity index (χ2n) is 8.54. The van der Waals surface area contributed by atoms with Crippen LogP contribution in [0.5, 0.6) is 0 Å². The highest BCUT2D eigenvalue weighted by molar-refractivity contribution is 7.89. The number of fused-ring (bicyclic) bond motifs is 3. The summed E-state index contributed by atoms with van der Waals surface area (Å²) in [6.45, 7) is 3.32. The summed E-state index contributed by atoms with van der Waals surface area (Å²) in [6.07, 6.45) is 1.87. The van der Waals surface area contributed by atoms with Gasteiger partial charge in [0.25, 0.3) is 0 Å². The van der Waals surface area contributed by atoms with E-state index in [1.807, 2.05) is 54.7 Å². The van der Waals surface area contributed by atoms with Crippen molar-refractivity contribution in [3.63, 3.8) is 0 Å². The molecule has 35 heavy (non-hydrogen) atoms. The molecule has 5 rings (SSSR count). The summed E-state index contributed by atoms with van der Waals surface area (Å²) in [5, 5.41) is 19.8. The van der Waals surface area contributed by atoms with E-state index >= 15 is 0 Å². The molecule has 8 nitrogen and oxygen atoms in total. The van der Waals surface area contributed by atoms with E-state index in [-0.39, 0.29) is 4.90 Å². The first-order valence-corrected chi connectivity index (χ1v) is 13.2. The lowest BCUT2D eigenvalue weighted by atomic mass is 10.1. The summed E-state index contributed by atoms with van der Waals surface area (Å²) in [5.41, 5.74) is 2.59. The largest absolute Gasteiger partial charge is 0.480 e. The number of thiophene rings is 1. The standard InChI is InChI=1S/C25H22N4O4S2/c1-15(2)24(25(30)31)27-35(32,33)18-9-11-20-19-10-8-17(12-22(19)34-23(20)13-18)29-14-21(26-28-29)16-6-4-3-5-7-16/h3-15,24,27H,1-2H3,(H,30,31)/t24-/m0/s1. The Morgan fingerprint density at radius 3 is 2.37 bits per heavy atom. The molecule has 0 spiro atoms. The number of aliphatic carboxylic acids is 1. The molecule has 0 saturated carbocycles. The maximum absolute atomic E-state index is 12.9. The Morgan fingerprint density at radius 2 is 1.69 bits per heavy atom. The predicted octanol–water partition coefficient (Wildman–Crippen LogP) is 4.69. The Balaban J connectivity index is 1.50. The number of sulfonamides is 1. The summed E-state index contributed by atoms with van der Waals surface area (Å²) in [7, 11) is -4.00. The van der Waals surface area contributed by atoms with Crippen LogP contribution in [0, 0.1) is 5.92 Å². The van der Waals surface area contributed by atoms with Gasteiger partial charge in [-0.15, -0.1) is 16.4 Å². The molecule has 0 radical (unpaired) electrons. The van der Waals surface area contributed by atoms with Crippen molar-refractivity contribution >= 4 is 47.5 Å². The number of hydrogen-bond donors (Lipinski definition) is 2. The molecule has 0 fully saturated rings. The first-order chi connectivity index (χ1) is 16.7. The molecule has 0 amide bonds. The molecule has 0 unspecified atom stereocenters. The van der Waals surface area contributed by atoms with Gasteiger partial charge in [0.2, 0.25) is 10.0 Å². The van der Waals surface area contributed by atoms with Gasteiger partial charge >= 0.3 is 5.97 Å². The molecule has 3 aromatic carbocycles. The molecule has 5 aromatic rings. The molecular formula is C25H22N4O4S2. The van der Waals surface area contributed by atoms with Crippen LogP contribution in [0.2, 0.25) is 0 Å². The van der Waals surface area contributed by atoms with Crippen molar-refractivity contribution in [1.29, 1.82) is 0 Å². The van der Waals surface area contributed by atoms with Crippen molar-refractivity contribution in [3.8, 4) is 16.9 Å². The van der Waals surface area contributed by atoms with Crippen LogP contribution in [0.25, 0.3) is 37.1 Å². The number of nitrogens with zero attached hydrogens (tertiary/aromatic N) is 3. The molecule has 2 heterocycles.